The number of hydroxylamine groups is 1. The molecular formula is C13H18F2N2O3. The van der Waals surface area contributed by atoms with E-state index in [9.17, 15) is 18.7 Å². The minimum Gasteiger partial charge on any atom is -0.382 e. The number of amides is 1. The largest absolute Gasteiger partial charge is 0.382 e. The molecule has 2 atom stereocenters. The van der Waals surface area contributed by atoms with Crippen molar-refractivity contribution < 1.29 is 23.5 Å². The summed E-state index contributed by atoms with van der Waals surface area (Å²) in [6.45, 7) is 1.87. The fraction of sp³-hybridized carbons (Fsp3) is 0.462. The molecule has 0 saturated heterocycles. The minimum atomic E-state index is -3.17. The van der Waals surface area contributed by atoms with Gasteiger partial charge in [0.25, 0.3) is 12.3 Å². The number of hydrogen-bond donors (Lipinski definition) is 3. The van der Waals surface area contributed by atoms with Gasteiger partial charge in [0.15, 0.2) is 0 Å². The second-order valence-electron chi connectivity index (χ2n) is 4.86. The molecule has 0 aliphatic heterocycles. The minimum absolute atomic E-state index is 0.0550. The van der Waals surface area contributed by atoms with E-state index < -0.39 is 23.5 Å². The lowest BCUT2D eigenvalue weighted by Gasteiger charge is -2.37. The molecule has 0 radical (unpaired) electrons. The fourth-order valence-corrected chi connectivity index (χ4v) is 1.32. The molecule has 0 aliphatic carbocycles. The van der Waals surface area contributed by atoms with Crippen LogP contribution >= 0.6 is 0 Å². The van der Waals surface area contributed by atoms with Gasteiger partial charge >= 0.3 is 0 Å². The Kier molecular flexibility index (Phi) is 5.15. The maximum absolute atomic E-state index is 12.7. The fourth-order valence-electron chi connectivity index (χ4n) is 1.32. The van der Waals surface area contributed by atoms with E-state index in [2.05, 4.69) is 0 Å². The number of rotatable bonds is 6. The number of hydrogen-bond acceptors (Lipinski definition) is 4. The maximum Gasteiger partial charge on any atom is 0.268 e. The number of aliphatic hydroxyl groups is 1. The number of halogens is 2. The number of alkyl halides is 2. The summed E-state index contributed by atoms with van der Waals surface area (Å²) >= 11 is 0. The molecule has 0 aliphatic rings. The van der Waals surface area contributed by atoms with Crippen molar-refractivity contribution in [2.24, 2.45) is 5.73 Å². The zero-order chi connectivity index (χ0) is 15.4. The molecule has 1 aromatic rings. The van der Waals surface area contributed by atoms with Gasteiger partial charge in [-0.05, 0) is 19.4 Å². The Bertz CT molecular complexity index is 450. The molecule has 112 valence electrons. The standard InChI is InChI=1S/C13H18F2N2O3/c1-12(16,13(2,19)10(14)15)11(18)17-20-8-9-6-4-3-5-7-9/h3-7,10,19H,8,16H2,1-2H3,(H,17,18). The predicted octanol–water partition coefficient (Wildman–Crippen LogP) is 0.968. The Morgan fingerprint density at radius 3 is 2.45 bits per heavy atom. The van der Waals surface area contributed by atoms with E-state index in [4.69, 9.17) is 10.6 Å². The Morgan fingerprint density at radius 2 is 1.95 bits per heavy atom. The van der Waals surface area contributed by atoms with Gasteiger partial charge in [-0.1, -0.05) is 30.3 Å². The van der Waals surface area contributed by atoms with Gasteiger partial charge in [-0.25, -0.2) is 14.3 Å². The zero-order valence-corrected chi connectivity index (χ0v) is 11.3. The van der Waals surface area contributed by atoms with Crippen LogP contribution in [0.15, 0.2) is 30.3 Å². The van der Waals surface area contributed by atoms with Crippen LogP contribution in [0.4, 0.5) is 8.78 Å². The van der Waals surface area contributed by atoms with Crippen molar-refractivity contribution >= 4 is 5.91 Å². The van der Waals surface area contributed by atoms with Crippen molar-refractivity contribution in [3.63, 3.8) is 0 Å². The van der Waals surface area contributed by atoms with E-state index in [1.807, 2.05) is 11.5 Å². The summed E-state index contributed by atoms with van der Waals surface area (Å²) in [6.07, 6.45) is -3.17. The molecule has 20 heavy (non-hydrogen) atoms. The van der Waals surface area contributed by atoms with Gasteiger partial charge < -0.3 is 10.8 Å². The van der Waals surface area contributed by atoms with Gasteiger partial charge in [0, 0.05) is 0 Å². The van der Waals surface area contributed by atoms with Crippen LogP contribution in [0.25, 0.3) is 0 Å². The molecule has 2 unspecified atom stereocenters. The summed E-state index contributed by atoms with van der Waals surface area (Å²) in [5, 5.41) is 9.61. The number of carbonyl (C=O) groups excluding carboxylic acids is 1. The summed E-state index contributed by atoms with van der Waals surface area (Å²) < 4.78 is 25.4. The third-order valence-electron chi connectivity index (χ3n) is 3.19. The molecule has 0 saturated carbocycles. The zero-order valence-electron chi connectivity index (χ0n) is 11.3. The smallest absolute Gasteiger partial charge is 0.268 e. The van der Waals surface area contributed by atoms with Crippen molar-refractivity contribution in [1.29, 1.82) is 0 Å². The van der Waals surface area contributed by atoms with E-state index in [1.54, 1.807) is 24.3 Å². The van der Waals surface area contributed by atoms with Gasteiger partial charge in [0.2, 0.25) is 0 Å². The topological polar surface area (TPSA) is 84.6 Å². The van der Waals surface area contributed by atoms with E-state index in [0.717, 1.165) is 19.4 Å². The van der Waals surface area contributed by atoms with Crippen LogP contribution in [0, 0.1) is 0 Å². The lowest BCUT2D eigenvalue weighted by Crippen LogP contribution is -2.68. The van der Waals surface area contributed by atoms with E-state index in [0.29, 0.717) is 0 Å². The molecule has 4 N–H and O–H groups in total. The first-order valence-electron chi connectivity index (χ1n) is 5.95. The first-order chi connectivity index (χ1) is 9.19. The molecule has 7 heteroatoms. The second-order valence-corrected chi connectivity index (χ2v) is 4.86. The summed E-state index contributed by atoms with van der Waals surface area (Å²) in [7, 11) is 0. The van der Waals surface area contributed by atoms with Gasteiger partial charge in [0.05, 0.1) is 6.61 Å². The first kappa shape index (κ1) is 16.5. The molecule has 0 heterocycles. The summed E-state index contributed by atoms with van der Waals surface area (Å²) in [6, 6.07) is 8.93. The predicted molar refractivity (Wildman–Crippen MR) is 68.6 cm³/mol. The average Bonchev–Trinajstić information content (AvgIpc) is 2.39. The highest BCUT2D eigenvalue weighted by Gasteiger charge is 2.52. The molecule has 0 spiro atoms. The number of benzene rings is 1. The Balaban J connectivity index is 2.58. The van der Waals surface area contributed by atoms with E-state index >= 15 is 0 Å². The number of nitrogens with one attached hydrogen (secondary N) is 1. The quantitative estimate of drug-likeness (QED) is 0.681. The first-order valence-corrected chi connectivity index (χ1v) is 5.95. The van der Waals surface area contributed by atoms with Crippen LogP contribution in [0.3, 0.4) is 0 Å². The summed E-state index contributed by atoms with van der Waals surface area (Å²) in [4.78, 5) is 16.7. The molecule has 1 amide bonds. The molecule has 0 bridgehead atoms. The van der Waals surface area contributed by atoms with Crippen molar-refractivity contribution in [3.8, 4) is 0 Å². The number of nitrogens with two attached hydrogens (primary N) is 1. The Morgan fingerprint density at radius 1 is 1.40 bits per heavy atom. The highest BCUT2D eigenvalue weighted by atomic mass is 19.3. The van der Waals surface area contributed by atoms with Gasteiger partial charge in [0.1, 0.15) is 11.1 Å². The third-order valence-corrected chi connectivity index (χ3v) is 3.19. The Hall–Kier alpha value is -1.57. The van der Waals surface area contributed by atoms with E-state index in [1.165, 1.54) is 0 Å². The van der Waals surface area contributed by atoms with Gasteiger partial charge in [-0.2, -0.15) is 0 Å². The highest BCUT2D eigenvalue weighted by Crippen LogP contribution is 2.26. The Labute approximate surface area is 115 Å². The lowest BCUT2D eigenvalue weighted by molar-refractivity contribution is -0.165. The normalized spacial score (nSPS) is 17.4. The third kappa shape index (κ3) is 3.50. The van der Waals surface area contributed by atoms with Crippen LogP contribution in [-0.4, -0.2) is 28.6 Å². The van der Waals surface area contributed by atoms with Crippen LogP contribution < -0.4 is 11.2 Å². The van der Waals surface area contributed by atoms with Crippen molar-refractivity contribution in [1.82, 2.24) is 5.48 Å². The monoisotopic (exact) mass is 288 g/mol. The second kappa shape index (κ2) is 6.25. The lowest BCUT2D eigenvalue weighted by atomic mass is 9.83. The molecular weight excluding hydrogens is 270 g/mol. The highest BCUT2D eigenvalue weighted by molar-refractivity contribution is 5.86. The van der Waals surface area contributed by atoms with Crippen molar-refractivity contribution in [3.05, 3.63) is 35.9 Å². The molecule has 0 fully saturated rings. The van der Waals surface area contributed by atoms with Crippen LogP contribution in [0.2, 0.25) is 0 Å². The van der Waals surface area contributed by atoms with Gasteiger partial charge in [-0.3, -0.25) is 9.63 Å². The van der Waals surface area contributed by atoms with Crippen molar-refractivity contribution in [2.75, 3.05) is 0 Å². The van der Waals surface area contributed by atoms with Crippen LogP contribution in [0.1, 0.15) is 19.4 Å². The molecule has 1 rings (SSSR count). The summed E-state index contributed by atoms with van der Waals surface area (Å²) in [5.41, 5.74) is 3.39. The average molecular weight is 288 g/mol. The molecule has 5 nitrogen and oxygen atoms in total. The summed E-state index contributed by atoms with van der Waals surface area (Å²) in [5.74, 6) is -1.03. The maximum atomic E-state index is 12.7. The van der Waals surface area contributed by atoms with Crippen LogP contribution in [-0.2, 0) is 16.2 Å². The molecule has 0 aromatic heterocycles. The molecule has 1 aromatic carbocycles. The SMILES string of the molecule is CC(N)(C(=O)NOCc1ccccc1)C(C)(O)C(F)F. The van der Waals surface area contributed by atoms with Crippen LogP contribution in [0.5, 0.6) is 0 Å². The van der Waals surface area contributed by atoms with Gasteiger partial charge in [-0.15, -0.1) is 0 Å². The number of carbonyl (C=O) groups is 1. The van der Waals surface area contributed by atoms with E-state index in [-0.39, 0.29) is 6.61 Å². The van der Waals surface area contributed by atoms with Crippen molar-refractivity contribution in [2.45, 2.75) is 38.0 Å².